The molecule has 0 radical (unpaired) electrons. The van der Waals surface area contributed by atoms with E-state index in [0.717, 1.165) is 41.3 Å². The van der Waals surface area contributed by atoms with Crippen molar-refractivity contribution in [1.82, 2.24) is 29.7 Å². The van der Waals surface area contributed by atoms with Crippen molar-refractivity contribution in [3.63, 3.8) is 0 Å². The number of rotatable bonds is 2. The van der Waals surface area contributed by atoms with Gasteiger partial charge in [-0.25, -0.2) is 4.98 Å². The van der Waals surface area contributed by atoms with Crippen molar-refractivity contribution < 1.29 is 0 Å². The minimum absolute atomic E-state index is 0.331. The highest BCUT2D eigenvalue weighted by molar-refractivity contribution is 7.99. The summed E-state index contributed by atoms with van der Waals surface area (Å²) in [5.41, 5.74) is 9.91. The molecule has 3 aromatic rings. The monoisotopic (exact) mass is 359 g/mol. The molecule has 1 saturated heterocycles. The lowest BCUT2D eigenvalue weighted by molar-refractivity contribution is 0.679. The van der Waals surface area contributed by atoms with Crippen LogP contribution in [0.15, 0.2) is 24.7 Å². The Morgan fingerprint density at radius 1 is 1.32 bits per heavy atom. The summed E-state index contributed by atoms with van der Waals surface area (Å²) in [5.74, 6) is 1.70. The van der Waals surface area contributed by atoms with Gasteiger partial charge in [0, 0.05) is 49.3 Å². The van der Waals surface area contributed by atoms with Gasteiger partial charge in [0.25, 0.3) is 0 Å². The van der Waals surface area contributed by atoms with Crippen molar-refractivity contribution in [2.45, 2.75) is 25.5 Å². The number of fused-ring (bicyclic) bond motifs is 1. The zero-order valence-electron chi connectivity index (χ0n) is 14.9. The van der Waals surface area contributed by atoms with Crippen LogP contribution in [0.25, 0.3) is 16.8 Å². The van der Waals surface area contributed by atoms with E-state index in [0.29, 0.717) is 11.1 Å². The molecule has 1 atom stereocenters. The number of hydrogen-bond acceptors (Lipinski definition) is 6. The highest BCUT2D eigenvalue weighted by atomic mass is 32.2. The fourth-order valence-corrected chi connectivity index (χ4v) is 3.76. The SMILES string of the molecule is CCC.Cn1cc(-c2cnn3c(N)cc(C4CNCCS4)nc23)cn1. The van der Waals surface area contributed by atoms with Gasteiger partial charge < -0.3 is 11.1 Å². The van der Waals surface area contributed by atoms with Gasteiger partial charge in [-0.15, -0.1) is 11.8 Å². The lowest BCUT2D eigenvalue weighted by atomic mass is 10.2. The molecule has 0 spiro atoms. The fraction of sp³-hybridized carbons (Fsp3) is 0.471. The van der Waals surface area contributed by atoms with Crippen LogP contribution >= 0.6 is 11.8 Å². The molecule has 3 aromatic heterocycles. The van der Waals surface area contributed by atoms with Gasteiger partial charge in [-0.1, -0.05) is 20.3 Å². The molecule has 25 heavy (non-hydrogen) atoms. The van der Waals surface area contributed by atoms with E-state index in [1.54, 1.807) is 15.4 Å². The first-order chi connectivity index (χ1) is 12.1. The number of nitrogens with zero attached hydrogens (tertiary/aromatic N) is 5. The van der Waals surface area contributed by atoms with E-state index >= 15 is 0 Å². The van der Waals surface area contributed by atoms with Gasteiger partial charge in [0.2, 0.25) is 0 Å². The van der Waals surface area contributed by atoms with Gasteiger partial charge in [0.1, 0.15) is 5.82 Å². The summed E-state index contributed by atoms with van der Waals surface area (Å²) in [5, 5.41) is 12.3. The molecule has 1 fully saturated rings. The largest absolute Gasteiger partial charge is 0.384 e. The number of aromatic nitrogens is 5. The lowest BCUT2D eigenvalue weighted by Gasteiger charge is -2.22. The van der Waals surface area contributed by atoms with E-state index in [2.05, 4.69) is 29.4 Å². The third kappa shape index (κ3) is 3.80. The van der Waals surface area contributed by atoms with Crippen LogP contribution in [0.3, 0.4) is 0 Å². The van der Waals surface area contributed by atoms with Gasteiger partial charge in [0.15, 0.2) is 5.65 Å². The number of nitrogens with two attached hydrogens (primary N) is 1. The Kier molecular flexibility index (Phi) is 5.60. The van der Waals surface area contributed by atoms with Crippen LogP contribution in [0.2, 0.25) is 0 Å². The molecule has 4 heterocycles. The third-order valence-corrected chi connectivity index (χ3v) is 5.04. The maximum Gasteiger partial charge on any atom is 0.165 e. The van der Waals surface area contributed by atoms with E-state index in [1.807, 2.05) is 37.3 Å². The van der Waals surface area contributed by atoms with Crippen LogP contribution in [0.5, 0.6) is 0 Å². The number of nitrogen functional groups attached to an aromatic ring is 1. The molecular weight excluding hydrogens is 334 g/mol. The number of hydrogen-bond donors (Lipinski definition) is 2. The Labute approximate surface area is 152 Å². The van der Waals surface area contributed by atoms with Crippen molar-refractivity contribution in [3.8, 4) is 11.1 Å². The van der Waals surface area contributed by atoms with Crippen molar-refractivity contribution in [1.29, 1.82) is 0 Å². The van der Waals surface area contributed by atoms with Crippen molar-refractivity contribution >= 4 is 23.2 Å². The Hall–Kier alpha value is -2.06. The maximum absolute atomic E-state index is 6.17. The summed E-state index contributed by atoms with van der Waals surface area (Å²) >= 11 is 1.92. The van der Waals surface area contributed by atoms with Crippen LogP contribution in [0.4, 0.5) is 5.82 Å². The smallest absolute Gasteiger partial charge is 0.165 e. The van der Waals surface area contributed by atoms with Gasteiger partial charge in [-0.3, -0.25) is 4.68 Å². The molecule has 1 unspecified atom stereocenters. The Morgan fingerprint density at radius 2 is 2.12 bits per heavy atom. The minimum Gasteiger partial charge on any atom is -0.384 e. The summed E-state index contributed by atoms with van der Waals surface area (Å²) in [6.07, 6.45) is 6.82. The zero-order valence-corrected chi connectivity index (χ0v) is 15.8. The fourth-order valence-electron chi connectivity index (χ4n) is 2.69. The molecule has 0 aromatic carbocycles. The van der Waals surface area contributed by atoms with Crippen LogP contribution < -0.4 is 11.1 Å². The second-order valence-corrected chi connectivity index (χ2v) is 7.38. The second-order valence-electron chi connectivity index (χ2n) is 6.07. The highest BCUT2D eigenvalue weighted by Crippen LogP contribution is 2.32. The van der Waals surface area contributed by atoms with Crippen LogP contribution in [-0.4, -0.2) is 43.2 Å². The molecule has 0 aliphatic carbocycles. The predicted molar refractivity (Wildman–Crippen MR) is 104 cm³/mol. The molecule has 3 N–H and O–H groups in total. The molecule has 1 aliphatic heterocycles. The molecule has 8 heteroatoms. The summed E-state index contributed by atoms with van der Waals surface area (Å²) in [6.45, 7) is 6.22. The van der Waals surface area contributed by atoms with Gasteiger partial charge in [-0.2, -0.15) is 14.7 Å². The van der Waals surface area contributed by atoms with Crippen LogP contribution in [-0.2, 0) is 7.05 Å². The molecule has 0 amide bonds. The Morgan fingerprint density at radius 3 is 2.76 bits per heavy atom. The summed E-state index contributed by atoms with van der Waals surface area (Å²) in [6, 6.07) is 1.93. The summed E-state index contributed by atoms with van der Waals surface area (Å²) in [7, 11) is 1.90. The van der Waals surface area contributed by atoms with Crippen molar-refractivity contribution in [2.75, 3.05) is 24.6 Å². The first kappa shape index (κ1) is 17.8. The number of aryl methyl sites for hydroxylation is 1. The van der Waals surface area contributed by atoms with E-state index in [9.17, 15) is 0 Å². The predicted octanol–water partition coefficient (Wildman–Crippen LogP) is 2.51. The van der Waals surface area contributed by atoms with E-state index < -0.39 is 0 Å². The third-order valence-electron chi connectivity index (χ3n) is 3.79. The Bertz CT molecular complexity index is 833. The molecule has 1 aliphatic rings. The van der Waals surface area contributed by atoms with Gasteiger partial charge >= 0.3 is 0 Å². The summed E-state index contributed by atoms with van der Waals surface area (Å²) < 4.78 is 3.46. The Balaban J connectivity index is 0.000000569. The molecule has 0 bridgehead atoms. The average molecular weight is 360 g/mol. The highest BCUT2D eigenvalue weighted by Gasteiger charge is 2.20. The summed E-state index contributed by atoms with van der Waals surface area (Å²) in [4.78, 5) is 4.83. The van der Waals surface area contributed by atoms with Gasteiger partial charge in [-0.05, 0) is 0 Å². The van der Waals surface area contributed by atoms with Crippen molar-refractivity contribution in [2.24, 2.45) is 7.05 Å². The second kappa shape index (κ2) is 7.88. The average Bonchev–Trinajstić information content (AvgIpc) is 3.22. The normalized spacial score (nSPS) is 17.3. The van der Waals surface area contributed by atoms with Crippen molar-refractivity contribution in [3.05, 3.63) is 30.4 Å². The van der Waals surface area contributed by atoms with E-state index in [1.165, 1.54) is 6.42 Å². The zero-order chi connectivity index (χ0) is 17.8. The van der Waals surface area contributed by atoms with E-state index in [-0.39, 0.29) is 0 Å². The van der Waals surface area contributed by atoms with E-state index in [4.69, 9.17) is 10.7 Å². The lowest BCUT2D eigenvalue weighted by Crippen LogP contribution is -2.28. The standard InChI is InChI=1S/C14H17N7S.C3H8/c1-20-8-9(5-17-20)10-6-18-21-13(15)4-11(19-14(10)21)12-7-16-2-3-22-12;1-3-2/h4-6,8,12,16H,2-3,7,15H2,1H3;3H2,1-2H3. The topological polar surface area (TPSA) is 86.1 Å². The molecule has 4 rings (SSSR count). The molecule has 134 valence electrons. The first-order valence-electron chi connectivity index (χ1n) is 8.59. The van der Waals surface area contributed by atoms with Crippen LogP contribution in [0, 0.1) is 0 Å². The quantitative estimate of drug-likeness (QED) is 0.731. The minimum atomic E-state index is 0.331. The number of thioether (sulfide) groups is 1. The number of nitrogens with one attached hydrogen (secondary N) is 1. The van der Waals surface area contributed by atoms with Crippen LogP contribution in [0.1, 0.15) is 31.2 Å². The van der Waals surface area contributed by atoms with Gasteiger partial charge in [0.05, 0.1) is 23.3 Å². The molecule has 0 saturated carbocycles. The number of anilines is 1. The maximum atomic E-state index is 6.17. The molecule has 7 nitrogen and oxygen atoms in total. The first-order valence-corrected chi connectivity index (χ1v) is 9.64. The molecular formula is C17H25N7S.